The topological polar surface area (TPSA) is 28.3 Å². The second-order valence-electron chi connectivity index (χ2n) is 8.87. The molecule has 1 aliphatic rings. The second-order valence-corrected chi connectivity index (χ2v) is 8.87. The number of allylic oxidation sites excluding steroid dienone is 1. The molecule has 0 saturated carbocycles. The van der Waals surface area contributed by atoms with Crippen LogP contribution in [0.25, 0.3) is 10.9 Å². The van der Waals surface area contributed by atoms with Gasteiger partial charge in [0, 0.05) is 41.7 Å². The fourth-order valence-electron chi connectivity index (χ4n) is 5.46. The average Bonchev–Trinajstić information content (AvgIpc) is 3.20. The van der Waals surface area contributed by atoms with Gasteiger partial charge in [-0.1, -0.05) is 73.7 Å². The summed E-state index contributed by atoms with van der Waals surface area (Å²) in [6.07, 6.45) is 9.81. The van der Waals surface area contributed by atoms with E-state index in [0.717, 1.165) is 39.0 Å². The first kappa shape index (κ1) is 22.6. The first-order valence-corrected chi connectivity index (χ1v) is 11.9. The lowest BCUT2D eigenvalue weighted by atomic mass is 9.70. The largest absolute Gasteiger partial charge is 0.377 e. The summed E-state index contributed by atoms with van der Waals surface area (Å²) >= 11 is 0. The summed E-state index contributed by atoms with van der Waals surface area (Å²) in [7, 11) is 0. The predicted molar refractivity (Wildman–Crippen MR) is 135 cm³/mol. The molecule has 4 rings (SSSR count). The van der Waals surface area contributed by atoms with E-state index >= 15 is 0 Å². The van der Waals surface area contributed by atoms with Gasteiger partial charge in [-0.25, -0.2) is 0 Å². The monoisotopic (exact) mass is 428 g/mol. The van der Waals surface area contributed by atoms with Gasteiger partial charge < -0.3 is 9.72 Å². The summed E-state index contributed by atoms with van der Waals surface area (Å²) in [5.41, 5.74) is 5.32. The minimum Gasteiger partial charge on any atom is -0.377 e. The van der Waals surface area contributed by atoms with Crippen LogP contribution in [-0.2, 0) is 17.8 Å². The second kappa shape index (κ2) is 10.3. The highest BCUT2D eigenvalue weighted by atomic mass is 16.5. The number of nitrogens with one attached hydrogen (secondary N) is 1. The van der Waals surface area contributed by atoms with Crippen molar-refractivity contribution in [2.45, 2.75) is 45.8 Å². The Morgan fingerprint density at radius 3 is 2.69 bits per heavy atom. The highest BCUT2D eigenvalue weighted by Gasteiger charge is 2.43. The summed E-state index contributed by atoms with van der Waals surface area (Å²) in [5, 5.41) is 1.37. The van der Waals surface area contributed by atoms with Crippen molar-refractivity contribution < 1.29 is 4.74 Å². The zero-order valence-electron chi connectivity index (χ0n) is 19.5. The van der Waals surface area contributed by atoms with Crippen LogP contribution in [0, 0.1) is 5.41 Å². The molecule has 32 heavy (non-hydrogen) atoms. The zero-order chi connectivity index (χ0) is 22.4. The number of aromatic amines is 1. The van der Waals surface area contributed by atoms with Crippen molar-refractivity contribution in [3.05, 3.63) is 96.2 Å². The van der Waals surface area contributed by atoms with E-state index in [1.807, 2.05) is 12.1 Å². The van der Waals surface area contributed by atoms with Crippen LogP contribution in [0.4, 0.5) is 0 Å². The van der Waals surface area contributed by atoms with Crippen molar-refractivity contribution in [1.82, 2.24) is 9.88 Å². The molecule has 0 unspecified atom stereocenters. The number of hydrogen-bond donors (Lipinski definition) is 1. The van der Waals surface area contributed by atoms with Crippen LogP contribution in [0.15, 0.2) is 79.4 Å². The van der Waals surface area contributed by atoms with Crippen LogP contribution in [0.3, 0.4) is 0 Å². The molecular weight excluding hydrogens is 392 g/mol. The number of aromatic nitrogens is 1. The molecule has 2 aromatic carbocycles. The first-order chi connectivity index (χ1) is 15.7. The molecule has 3 aromatic rings. The van der Waals surface area contributed by atoms with Crippen LogP contribution in [-0.4, -0.2) is 29.6 Å². The molecule has 0 bridgehead atoms. The smallest absolute Gasteiger partial charge is 0.0716 e. The molecule has 2 heterocycles. The fourth-order valence-corrected chi connectivity index (χ4v) is 5.46. The molecule has 168 valence electrons. The van der Waals surface area contributed by atoms with Crippen molar-refractivity contribution >= 4 is 10.9 Å². The normalized spacial score (nSPS) is 18.6. The van der Waals surface area contributed by atoms with E-state index in [9.17, 15) is 0 Å². The van der Waals surface area contributed by atoms with E-state index in [0.29, 0.717) is 6.61 Å². The van der Waals surface area contributed by atoms with E-state index in [4.69, 9.17) is 4.74 Å². The Balaban J connectivity index is 1.66. The molecule has 0 spiro atoms. The van der Waals surface area contributed by atoms with Gasteiger partial charge in [-0.2, -0.15) is 0 Å². The molecule has 3 heteroatoms. The molecule has 3 nitrogen and oxygen atoms in total. The zero-order valence-corrected chi connectivity index (χ0v) is 19.5. The molecule has 0 amide bonds. The van der Waals surface area contributed by atoms with Gasteiger partial charge in [0.25, 0.3) is 0 Å². The molecule has 2 atom stereocenters. The van der Waals surface area contributed by atoms with E-state index in [2.05, 4.69) is 91.0 Å². The van der Waals surface area contributed by atoms with Crippen molar-refractivity contribution in [3.8, 4) is 0 Å². The maximum Gasteiger partial charge on any atom is 0.0716 e. The number of para-hydroxylation sites is 1. The van der Waals surface area contributed by atoms with E-state index in [1.165, 1.54) is 27.7 Å². The Labute approximate surface area is 192 Å². The van der Waals surface area contributed by atoms with E-state index in [1.54, 1.807) is 0 Å². The van der Waals surface area contributed by atoms with Gasteiger partial charge in [-0.15, -0.1) is 6.58 Å². The molecule has 0 saturated heterocycles. The highest BCUT2D eigenvalue weighted by Crippen LogP contribution is 2.49. The minimum absolute atomic E-state index is 0.00943. The lowest BCUT2D eigenvalue weighted by Gasteiger charge is -2.47. The number of fused-ring (bicyclic) bond motifs is 3. The molecule has 1 aromatic heterocycles. The molecule has 1 N–H and O–H groups in total. The molecule has 0 aliphatic carbocycles. The van der Waals surface area contributed by atoms with Gasteiger partial charge in [-0.3, -0.25) is 4.90 Å². The summed E-state index contributed by atoms with van der Waals surface area (Å²) in [5.74, 6) is 0. The third-order valence-corrected chi connectivity index (χ3v) is 7.02. The maximum absolute atomic E-state index is 6.17. The third kappa shape index (κ3) is 4.46. The molecular formula is C29H36N2O. The Morgan fingerprint density at radius 2 is 1.94 bits per heavy atom. The summed E-state index contributed by atoms with van der Waals surface area (Å²) in [6.45, 7) is 11.9. The maximum atomic E-state index is 6.17. The highest BCUT2D eigenvalue weighted by molar-refractivity contribution is 5.85. The Hall–Kier alpha value is -2.62. The lowest BCUT2D eigenvalue weighted by Crippen LogP contribution is -2.45. The van der Waals surface area contributed by atoms with E-state index < -0.39 is 0 Å². The van der Waals surface area contributed by atoms with Gasteiger partial charge in [0.15, 0.2) is 0 Å². The van der Waals surface area contributed by atoms with Crippen molar-refractivity contribution in [2.24, 2.45) is 5.41 Å². The molecule has 1 aliphatic heterocycles. The van der Waals surface area contributed by atoms with Crippen LogP contribution in [0.2, 0.25) is 0 Å². The number of hydrogen-bond acceptors (Lipinski definition) is 2. The van der Waals surface area contributed by atoms with Gasteiger partial charge in [0.1, 0.15) is 0 Å². The number of benzene rings is 2. The molecule has 0 fully saturated rings. The predicted octanol–water partition coefficient (Wildman–Crippen LogP) is 6.83. The minimum atomic E-state index is -0.00943. The number of ether oxygens (including phenoxy) is 1. The molecule has 0 radical (unpaired) electrons. The average molecular weight is 429 g/mol. The Morgan fingerprint density at radius 1 is 1.16 bits per heavy atom. The van der Waals surface area contributed by atoms with Crippen LogP contribution in [0.5, 0.6) is 0 Å². The van der Waals surface area contributed by atoms with Gasteiger partial charge in [0.05, 0.1) is 12.6 Å². The standard InChI is InChI=1S/C29H36N2O/c1-4-17-29(6-3,18-21-32-22-23-12-8-7-9-13-23)28-27-25(16-20-31(28)19-5-2)24-14-10-11-15-26(24)30-27/h4-5,7-15,17,28,30H,2,6,16,18-22H2,1,3H3/b17-4+/t28-,29+/m0/s1. The van der Waals surface area contributed by atoms with Crippen LogP contribution >= 0.6 is 0 Å². The summed E-state index contributed by atoms with van der Waals surface area (Å²) < 4.78 is 6.17. The number of nitrogens with zero attached hydrogens (tertiary/aromatic N) is 1. The Kier molecular flexibility index (Phi) is 7.29. The van der Waals surface area contributed by atoms with Gasteiger partial charge >= 0.3 is 0 Å². The van der Waals surface area contributed by atoms with Crippen molar-refractivity contribution in [2.75, 3.05) is 19.7 Å². The number of rotatable bonds is 10. The lowest BCUT2D eigenvalue weighted by molar-refractivity contribution is 0.0400. The number of H-pyrrole nitrogens is 1. The Bertz CT molecular complexity index is 1050. The first-order valence-electron chi connectivity index (χ1n) is 11.9. The van der Waals surface area contributed by atoms with Crippen LogP contribution < -0.4 is 0 Å². The van der Waals surface area contributed by atoms with Crippen LogP contribution in [0.1, 0.15) is 49.6 Å². The van der Waals surface area contributed by atoms with Gasteiger partial charge in [0.2, 0.25) is 0 Å². The van der Waals surface area contributed by atoms with E-state index in [-0.39, 0.29) is 11.5 Å². The third-order valence-electron chi connectivity index (χ3n) is 7.02. The summed E-state index contributed by atoms with van der Waals surface area (Å²) in [4.78, 5) is 6.42. The van der Waals surface area contributed by atoms with Crippen molar-refractivity contribution in [3.63, 3.8) is 0 Å². The van der Waals surface area contributed by atoms with Gasteiger partial charge in [-0.05, 0) is 43.4 Å². The summed E-state index contributed by atoms with van der Waals surface area (Å²) in [6, 6.07) is 19.5. The SMILES string of the molecule is C=CCN1CCc2c([nH]c3ccccc23)[C@H]1[C@@](/C=C/C)(CC)CCOCc1ccccc1. The van der Waals surface area contributed by atoms with Crippen molar-refractivity contribution in [1.29, 1.82) is 0 Å². The fraction of sp³-hybridized carbons (Fsp3) is 0.379. The quantitative estimate of drug-likeness (QED) is 0.283.